The van der Waals surface area contributed by atoms with Gasteiger partial charge in [0.1, 0.15) is 11.6 Å². The van der Waals surface area contributed by atoms with Gasteiger partial charge < -0.3 is 15.2 Å². The van der Waals surface area contributed by atoms with Gasteiger partial charge in [0.05, 0.1) is 22.2 Å². The summed E-state index contributed by atoms with van der Waals surface area (Å²) in [5.41, 5.74) is 0.784. The maximum atomic E-state index is 10.8. The molecule has 1 aromatic heterocycles. The molecule has 0 fully saturated rings. The van der Waals surface area contributed by atoms with E-state index in [-0.39, 0.29) is 10.6 Å². The molecule has 5 nitrogen and oxygen atoms in total. The maximum Gasteiger partial charge on any atom is 0.337 e. The molecule has 20 heavy (non-hydrogen) atoms. The van der Waals surface area contributed by atoms with Gasteiger partial charge in [0.25, 0.3) is 0 Å². The van der Waals surface area contributed by atoms with Crippen molar-refractivity contribution in [1.82, 2.24) is 4.98 Å². The van der Waals surface area contributed by atoms with E-state index in [1.807, 2.05) is 6.07 Å². The highest BCUT2D eigenvalue weighted by Crippen LogP contribution is 2.30. The third kappa shape index (κ3) is 3.20. The van der Waals surface area contributed by atoms with E-state index in [1.54, 1.807) is 19.2 Å². The molecule has 2 aromatic rings. The molecule has 0 atom stereocenters. The predicted molar refractivity (Wildman–Crippen MR) is 80.2 cm³/mol. The topological polar surface area (TPSA) is 71.5 Å². The lowest BCUT2D eigenvalue weighted by Gasteiger charge is -2.10. The van der Waals surface area contributed by atoms with Gasteiger partial charge in [-0.1, -0.05) is 11.6 Å². The number of hydrogen-bond donors (Lipinski definition) is 2. The van der Waals surface area contributed by atoms with Gasteiger partial charge in [-0.15, -0.1) is 0 Å². The summed E-state index contributed by atoms with van der Waals surface area (Å²) in [5, 5.41) is 12.1. The van der Waals surface area contributed by atoms with E-state index < -0.39 is 5.97 Å². The molecule has 0 unspecified atom stereocenters. The van der Waals surface area contributed by atoms with Crippen molar-refractivity contribution in [3.8, 4) is 5.75 Å². The Balaban J connectivity index is 2.26. The SMILES string of the molecule is COc1ccc(Nc2ncc(C(=O)O)cc2Cl)cc1Br. The molecule has 1 heterocycles. The van der Waals surface area contributed by atoms with Gasteiger partial charge in [-0.25, -0.2) is 9.78 Å². The number of carbonyl (C=O) groups is 1. The fourth-order valence-electron chi connectivity index (χ4n) is 1.53. The number of aromatic nitrogens is 1. The lowest BCUT2D eigenvalue weighted by Crippen LogP contribution is -2.00. The van der Waals surface area contributed by atoms with Crippen molar-refractivity contribution in [2.45, 2.75) is 0 Å². The van der Waals surface area contributed by atoms with Crippen molar-refractivity contribution >= 4 is 45.0 Å². The summed E-state index contributed by atoms with van der Waals surface area (Å²) in [7, 11) is 1.58. The maximum absolute atomic E-state index is 10.8. The molecule has 1 aromatic carbocycles. The van der Waals surface area contributed by atoms with Crippen LogP contribution in [0.4, 0.5) is 11.5 Å². The van der Waals surface area contributed by atoms with Crippen LogP contribution in [0.1, 0.15) is 10.4 Å². The van der Waals surface area contributed by atoms with E-state index >= 15 is 0 Å². The highest BCUT2D eigenvalue weighted by atomic mass is 79.9. The van der Waals surface area contributed by atoms with Crippen LogP contribution in [0.15, 0.2) is 34.9 Å². The monoisotopic (exact) mass is 356 g/mol. The number of carboxylic acids is 1. The first kappa shape index (κ1) is 14.6. The largest absolute Gasteiger partial charge is 0.496 e. The molecule has 7 heteroatoms. The van der Waals surface area contributed by atoms with Crippen molar-refractivity contribution in [2.24, 2.45) is 0 Å². The third-order valence-corrected chi connectivity index (χ3v) is 3.41. The molecule has 0 amide bonds. The fraction of sp³-hybridized carbons (Fsp3) is 0.0769. The number of rotatable bonds is 4. The Morgan fingerprint density at radius 1 is 1.45 bits per heavy atom. The van der Waals surface area contributed by atoms with Crippen LogP contribution in [-0.2, 0) is 0 Å². The second-order valence-electron chi connectivity index (χ2n) is 3.83. The van der Waals surface area contributed by atoms with Crippen molar-refractivity contribution in [2.75, 3.05) is 12.4 Å². The quantitative estimate of drug-likeness (QED) is 0.867. The van der Waals surface area contributed by atoms with E-state index in [0.717, 1.165) is 10.2 Å². The molecule has 0 radical (unpaired) electrons. The zero-order chi connectivity index (χ0) is 14.7. The number of nitrogens with one attached hydrogen (secondary N) is 1. The van der Waals surface area contributed by atoms with E-state index in [4.69, 9.17) is 21.4 Å². The number of benzene rings is 1. The lowest BCUT2D eigenvalue weighted by atomic mass is 10.2. The first-order valence-electron chi connectivity index (χ1n) is 5.50. The average Bonchev–Trinajstić information content (AvgIpc) is 2.41. The highest BCUT2D eigenvalue weighted by Gasteiger charge is 2.09. The number of aromatic carboxylic acids is 1. The van der Waals surface area contributed by atoms with Crippen molar-refractivity contribution in [1.29, 1.82) is 0 Å². The number of ether oxygens (including phenoxy) is 1. The molecular weight excluding hydrogens is 348 g/mol. The Morgan fingerprint density at radius 2 is 2.20 bits per heavy atom. The Kier molecular flexibility index (Phi) is 4.46. The van der Waals surface area contributed by atoms with Crippen molar-refractivity contribution < 1.29 is 14.6 Å². The highest BCUT2D eigenvalue weighted by molar-refractivity contribution is 9.10. The van der Waals surface area contributed by atoms with E-state index in [9.17, 15) is 4.79 Å². The zero-order valence-corrected chi connectivity index (χ0v) is 12.7. The molecule has 104 valence electrons. The minimum atomic E-state index is -1.07. The molecule has 0 aliphatic carbocycles. The molecule has 0 spiro atoms. The summed E-state index contributed by atoms with van der Waals surface area (Å²) in [6.45, 7) is 0. The standard InChI is InChI=1S/C13H10BrClN2O3/c1-20-11-3-2-8(5-9(11)14)17-12-10(15)4-7(6-16-12)13(18)19/h2-6H,1H3,(H,16,17)(H,18,19). The summed E-state index contributed by atoms with van der Waals surface area (Å²) < 4.78 is 5.92. The Hall–Kier alpha value is -1.79. The molecule has 0 saturated carbocycles. The van der Waals surface area contributed by atoms with Crippen LogP contribution in [0.3, 0.4) is 0 Å². The van der Waals surface area contributed by atoms with Crippen LogP contribution in [0.25, 0.3) is 0 Å². The van der Waals surface area contributed by atoms with Gasteiger partial charge in [0, 0.05) is 11.9 Å². The lowest BCUT2D eigenvalue weighted by molar-refractivity contribution is 0.0696. The molecule has 0 bridgehead atoms. The van der Waals surface area contributed by atoms with E-state index in [2.05, 4.69) is 26.2 Å². The Bertz CT molecular complexity index is 664. The summed E-state index contributed by atoms with van der Waals surface area (Å²) in [4.78, 5) is 14.8. The Morgan fingerprint density at radius 3 is 2.75 bits per heavy atom. The summed E-state index contributed by atoms with van der Waals surface area (Å²) >= 11 is 9.37. The minimum absolute atomic E-state index is 0.0384. The first-order valence-corrected chi connectivity index (χ1v) is 6.67. The number of anilines is 2. The van der Waals surface area contributed by atoms with Gasteiger partial charge in [-0.05, 0) is 40.2 Å². The van der Waals surface area contributed by atoms with Crippen LogP contribution in [-0.4, -0.2) is 23.2 Å². The summed E-state index contributed by atoms with van der Waals surface area (Å²) in [6.07, 6.45) is 1.25. The van der Waals surface area contributed by atoms with E-state index in [1.165, 1.54) is 12.3 Å². The number of hydrogen-bond acceptors (Lipinski definition) is 4. The predicted octanol–water partition coefficient (Wildman–Crippen LogP) is 3.95. The van der Waals surface area contributed by atoms with Gasteiger partial charge in [0.2, 0.25) is 0 Å². The smallest absolute Gasteiger partial charge is 0.337 e. The summed E-state index contributed by atoms with van der Waals surface area (Å²) in [5.74, 6) is 0.0164. The number of pyridine rings is 1. The molecule has 0 saturated heterocycles. The molecule has 0 aliphatic rings. The molecular formula is C13H10BrClN2O3. The third-order valence-electron chi connectivity index (χ3n) is 2.50. The second kappa shape index (κ2) is 6.11. The van der Waals surface area contributed by atoms with Gasteiger partial charge in [-0.3, -0.25) is 0 Å². The van der Waals surface area contributed by atoms with Gasteiger partial charge in [-0.2, -0.15) is 0 Å². The van der Waals surface area contributed by atoms with Gasteiger partial charge in [0.15, 0.2) is 0 Å². The minimum Gasteiger partial charge on any atom is -0.496 e. The van der Waals surface area contributed by atoms with Crippen molar-refractivity contribution in [3.63, 3.8) is 0 Å². The van der Waals surface area contributed by atoms with Crippen LogP contribution in [0.5, 0.6) is 5.75 Å². The van der Waals surface area contributed by atoms with Crippen LogP contribution in [0, 0.1) is 0 Å². The van der Waals surface area contributed by atoms with E-state index in [0.29, 0.717) is 11.6 Å². The normalized spacial score (nSPS) is 10.2. The molecule has 2 N–H and O–H groups in total. The number of carboxylic acid groups (broad SMARTS) is 1. The average molecular weight is 358 g/mol. The number of halogens is 2. The molecule has 0 aliphatic heterocycles. The van der Waals surface area contributed by atoms with Crippen molar-refractivity contribution in [3.05, 3.63) is 45.5 Å². The zero-order valence-electron chi connectivity index (χ0n) is 10.4. The molecule has 2 rings (SSSR count). The first-order chi connectivity index (χ1) is 9.51. The summed E-state index contributed by atoms with van der Waals surface area (Å²) in [6, 6.07) is 6.73. The van der Waals surface area contributed by atoms with Crippen LogP contribution in [0.2, 0.25) is 5.02 Å². The Labute approximate surface area is 128 Å². The van der Waals surface area contributed by atoms with Crippen LogP contribution < -0.4 is 10.1 Å². The van der Waals surface area contributed by atoms with Crippen LogP contribution >= 0.6 is 27.5 Å². The number of methoxy groups -OCH3 is 1. The second-order valence-corrected chi connectivity index (χ2v) is 5.10. The van der Waals surface area contributed by atoms with Gasteiger partial charge >= 0.3 is 5.97 Å². The number of nitrogens with zero attached hydrogens (tertiary/aromatic N) is 1. The fourth-order valence-corrected chi connectivity index (χ4v) is 2.28.